The zero-order chi connectivity index (χ0) is 18.1. The highest BCUT2D eigenvalue weighted by molar-refractivity contribution is 6.04. The second kappa shape index (κ2) is 6.67. The average molecular weight is 353 g/mol. The van der Waals surface area contributed by atoms with Crippen molar-refractivity contribution in [3.8, 4) is 0 Å². The number of nitrogens with one attached hydrogen (secondary N) is 1. The maximum Gasteiger partial charge on any atom is 0.327 e. The Hall–Kier alpha value is -3.09. The minimum atomic E-state index is -0.303. The molecule has 2 aliphatic rings. The van der Waals surface area contributed by atoms with Crippen LogP contribution in [0.5, 0.6) is 0 Å². The molecule has 3 heterocycles. The number of furan rings is 1. The van der Waals surface area contributed by atoms with Gasteiger partial charge in [-0.1, -0.05) is 12.1 Å². The summed E-state index contributed by atoms with van der Waals surface area (Å²) in [5, 5.41) is 2.78. The van der Waals surface area contributed by atoms with Crippen LogP contribution in [0.15, 0.2) is 47.1 Å². The summed E-state index contributed by atoms with van der Waals surface area (Å²) in [6.07, 6.45) is 3.16. The van der Waals surface area contributed by atoms with Gasteiger partial charge in [0.15, 0.2) is 0 Å². The summed E-state index contributed by atoms with van der Waals surface area (Å²) < 4.78 is 5.19. The fourth-order valence-electron chi connectivity index (χ4n) is 3.50. The smallest absolute Gasteiger partial charge is 0.327 e. The first-order chi connectivity index (χ1) is 12.6. The lowest BCUT2D eigenvalue weighted by Gasteiger charge is -2.16. The van der Waals surface area contributed by atoms with E-state index in [1.807, 2.05) is 6.07 Å². The highest BCUT2D eigenvalue weighted by Crippen LogP contribution is 2.28. The minimum absolute atomic E-state index is 0.139. The monoisotopic (exact) mass is 353 g/mol. The summed E-state index contributed by atoms with van der Waals surface area (Å²) in [6, 6.07) is 9.99. The second-order valence-corrected chi connectivity index (χ2v) is 6.52. The maximum atomic E-state index is 12.4. The molecule has 1 atom stereocenters. The molecule has 1 aromatic heterocycles. The SMILES string of the molecule is O=C(NCc1ccco1)c1cccc(CN2C(=O)C3CCCN3C2=O)c1. The summed E-state index contributed by atoms with van der Waals surface area (Å²) >= 11 is 0. The van der Waals surface area contributed by atoms with Crippen molar-refractivity contribution < 1.29 is 18.8 Å². The van der Waals surface area contributed by atoms with Crippen molar-refractivity contribution >= 4 is 17.8 Å². The number of nitrogens with zero attached hydrogens (tertiary/aromatic N) is 2. The van der Waals surface area contributed by atoms with E-state index in [1.165, 1.54) is 4.90 Å². The van der Waals surface area contributed by atoms with Crippen molar-refractivity contribution in [1.29, 1.82) is 0 Å². The molecule has 0 spiro atoms. The first-order valence-electron chi connectivity index (χ1n) is 8.65. The summed E-state index contributed by atoms with van der Waals surface area (Å²) in [6.45, 7) is 1.13. The van der Waals surface area contributed by atoms with E-state index < -0.39 is 0 Å². The fraction of sp³-hybridized carbons (Fsp3) is 0.316. The van der Waals surface area contributed by atoms with Crippen LogP contribution in [0.2, 0.25) is 0 Å². The Morgan fingerprint density at radius 3 is 2.88 bits per heavy atom. The van der Waals surface area contributed by atoms with Crippen LogP contribution in [0.1, 0.15) is 34.5 Å². The quantitative estimate of drug-likeness (QED) is 0.835. The van der Waals surface area contributed by atoms with Crippen LogP contribution >= 0.6 is 0 Å². The van der Waals surface area contributed by atoms with E-state index in [2.05, 4.69) is 5.32 Å². The lowest BCUT2D eigenvalue weighted by Crippen LogP contribution is -2.32. The van der Waals surface area contributed by atoms with Gasteiger partial charge < -0.3 is 14.6 Å². The predicted molar refractivity (Wildman–Crippen MR) is 92.0 cm³/mol. The van der Waals surface area contributed by atoms with Gasteiger partial charge >= 0.3 is 6.03 Å². The number of carbonyl (C=O) groups excluding carboxylic acids is 3. The summed E-state index contributed by atoms with van der Waals surface area (Å²) in [5.74, 6) is 0.298. The molecule has 4 rings (SSSR count). The number of benzene rings is 1. The van der Waals surface area contributed by atoms with E-state index in [0.717, 1.165) is 18.4 Å². The second-order valence-electron chi connectivity index (χ2n) is 6.52. The van der Waals surface area contributed by atoms with Gasteiger partial charge in [-0.05, 0) is 42.7 Å². The van der Waals surface area contributed by atoms with Crippen molar-refractivity contribution in [2.45, 2.75) is 32.0 Å². The standard InChI is InChI=1S/C19H19N3O4/c23-17(20-11-15-6-3-9-26-15)14-5-1-4-13(10-14)12-22-18(24)16-7-2-8-21(16)19(22)25/h1,3-6,9-10,16H,2,7-8,11-12H2,(H,20,23). The third kappa shape index (κ3) is 2.96. The largest absolute Gasteiger partial charge is 0.467 e. The van der Waals surface area contributed by atoms with E-state index in [4.69, 9.17) is 4.42 Å². The molecule has 2 fully saturated rings. The number of hydrogen-bond acceptors (Lipinski definition) is 4. The van der Waals surface area contributed by atoms with Gasteiger partial charge in [0.25, 0.3) is 11.8 Å². The number of carbonyl (C=O) groups is 3. The summed E-state index contributed by atoms with van der Waals surface area (Å²) in [4.78, 5) is 40.1. The zero-order valence-corrected chi connectivity index (χ0v) is 14.2. The predicted octanol–water partition coefficient (Wildman–Crippen LogP) is 2.14. The van der Waals surface area contributed by atoms with Crippen LogP contribution in [0.3, 0.4) is 0 Å². The van der Waals surface area contributed by atoms with Gasteiger partial charge in [-0.3, -0.25) is 14.5 Å². The van der Waals surface area contributed by atoms with E-state index in [0.29, 0.717) is 24.4 Å². The van der Waals surface area contributed by atoms with Gasteiger partial charge in [0.05, 0.1) is 19.4 Å². The number of hydrogen-bond donors (Lipinski definition) is 1. The molecule has 0 aliphatic carbocycles. The van der Waals surface area contributed by atoms with Gasteiger partial charge in [-0.25, -0.2) is 4.79 Å². The molecule has 134 valence electrons. The number of imide groups is 1. The summed E-state index contributed by atoms with van der Waals surface area (Å²) in [7, 11) is 0. The lowest BCUT2D eigenvalue weighted by atomic mass is 10.1. The lowest BCUT2D eigenvalue weighted by molar-refractivity contribution is -0.128. The molecule has 7 heteroatoms. The molecule has 7 nitrogen and oxygen atoms in total. The Morgan fingerprint density at radius 2 is 2.12 bits per heavy atom. The van der Waals surface area contributed by atoms with Gasteiger partial charge in [0.1, 0.15) is 11.8 Å². The maximum absolute atomic E-state index is 12.4. The molecule has 1 aromatic carbocycles. The van der Waals surface area contributed by atoms with Crippen LogP contribution in [-0.4, -0.2) is 40.2 Å². The molecule has 2 saturated heterocycles. The molecule has 1 unspecified atom stereocenters. The van der Waals surface area contributed by atoms with Crippen molar-refractivity contribution in [3.63, 3.8) is 0 Å². The van der Waals surface area contributed by atoms with Crippen LogP contribution in [-0.2, 0) is 17.9 Å². The summed E-state index contributed by atoms with van der Waals surface area (Å²) in [5.41, 5.74) is 1.23. The molecule has 26 heavy (non-hydrogen) atoms. The molecule has 0 bridgehead atoms. The highest BCUT2D eigenvalue weighted by atomic mass is 16.3. The Morgan fingerprint density at radius 1 is 1.23 bits per heavy atom. The van der Waals surface area contributed by atoms with E-state index in [1.54, 1.807) is 41.5 Å². The van der Waals surface area contributed by atoms with Crippen LogP contribution < -0.4 is 5.32 Å². The molecule has 4 amide bonds. The zero-order valence-electron chi connectivity index (χ0n) is 14.2. The average Bonchev–Trinajstić information content (AvgIpc) is 3.38. The molecule has 0 saturated carbocycles. The van der Waals surface area contributed by atoms with Crippen LogP contribution in [0, 0.1) is 0 Å². The van der Waals surface area contributed by atoms with Crippen molar-refractivity contribution in [2.75, 3.05) is 6.54 Å². The third-order valence-electron chi connectivity index (χ3n) is 4.81. The first kappa shape index (κ1) is 16.4. The van der Waals surface area contributed by atoms with E-state index in [-0.39, 0.29) is 30.4 Å². The van der Waals surface area contributed by atoms with Crippen LogP contribution in [0.25, 0.3) is 0 Å². The number of rotatable bonds is 5. The fourth-order valence-corrected chi connectivity index (χ4v) is 3.50. The van der Waals surface area contributed by atoms with E-state index in [9.17, 15) is 14.4 Å². The molecule has 0 radical (unpaired) electrons. The number of amides is 4. The van der Waals surface area contributed by atoms with Crippen molar-refractivity contribution in [2.24, 2.45) is 0 Å². The Kier molecular flexibility index (Phi) is 4.20. The molecule has 2 aliphatic heterocycles. The van der Waals surface area contributed by atoms with Crippen molar-refractivity contribution in [1.82, 2.24) is 15.1 Å². The van der Waals surface area contributed by atoms with Gasteiger partial charge in [-0.15, -0.1) is 0 Å². The number of fused-ring (bicyclic) bond motifs is 1. The normalized spacial score (nSPS) is 19.2. The Balaban J connectivity index is 1.43. The Bertz CT molecular complexity index is 824. The van der Waals surface area contributed by atoms with Crippen molar-refractivity contribution in [3.05, 3.63) is 59.5 Å². The Labute approximate surface area is 150 Å². The molecular weight excluding hydrogens is 334 g/mol. The van der Waals surface area contributed by atoms with E-state index >= 15 is 0 Å². The molecule has 1 N–H and O–H groups in total. The first-order valence-corrected chi connectivity index (χ1v) is 8.65. The van der Waals surface area contributed by atoms with Crippen LogP contribution in [0.4, 0.5) is 4.79 Å². The topological polar surface area (TPSA) is 82.9 Å². The van der Waals surface area contributed by atoms with Gasteiger partial charge in [0, 0.05) is 12.1 Å². The van der Waals surface area contributed by atoms with Gasteiger partial charge in [0.2, 0.25) is 0 Å². The minimum Gasteiger partial charge on any atom is -0.467 e. The number of urea groups is 1. The third-order valence-corrected chi connectivity index (χ3v) is 4.81. The molecular formula is C19H19N3O4. The van der Waals surface area contributed by atoms with Gasteiger partial charge in [-0.2, -0.15) is 0 Å². The highest BCUT2D eigenvalue weighted by Gasteiger charge is 2.47. The molecule has 2 aromatic rings.